The molecule has 3 N–H and O–H groups in total. The van der Waals surface area contributed by atoms with E-state index >= 15 is 0 Å². The Labute approximate surface area is 200 Å². The third-order valence-electron chi connectivity index (χ3n) is 5.72. The Morgan fingerprint density at radius 3 is 2.55 bits per heavy atom. The average molecular weight is 545 g/mol. The van der Waals surface area contributed by atoms with Crippen LogP contribution in [-0.2, 0) is 22.8 Å². The molecule has 0 amide bonds. The zero-order valence-corrected chi connectivity index (χ0v) is 20.7. The summed E-state index contributed by atoms with van der Waals surface area (Å²) in [4.78, 5) is 4.61. The molecule has 1 aliphatic heterocycles. The van der Waals surface area contributed by atoms with Gasteiger partial charge < -0.3 is 20.5 Å². The SMILES string of the molecule is CCNC(=NCC(C)(O)c1cnn(C)c1)NCC1(c2ccc(F)cc2)CCOCC1.I. The van der Waals surface area contributed by atoms with Gasteiger partial charge in [0.05, 0.1) is 12.7 Å². The van der Waals surface area contributed by atoms with Crippen molar-refractivity contribution < 1.29 is 14.2 Å². The first kappa shape index (κ1) is 25.5. The maximum atomic E-state index is 13.4. The van der Waals surface area contributed by atoms with Crippen LogP contribution in [0.4, 0.5) is 4.39 Å². The Bertz CT molecular complexity index is 848. The number of aliphatic hydroxyl groups is 1. The van der Waals surface area contributed by atoms with Crippen LogP contribution >= 0.6 is 24.0 Å². The van der Waals surface area contributed by atoms with Crippen molar-refractivity contribution in [2.75, 3.05) is 32.8 Å². The first-order valence-electron chi connectivity index (χ1n) is 10.4. The van der Waals surface area contributed by atoms with Crippen LogP contribution in [0.25, 0.3) is 0 Å². The second-order valence-electron chi connectivity index (χ2n) is 8.12. The molecule has 172 valence electrons. The number of benzene rings is 1. The van der Waals surface area contributed by atoms with E-state index in [1.54, 1.807) is 24.0 Å². The number of ether oxygens (including phenoxy) is 1. The summed E-state index contributed by atoms with van der Waals surface area (Å²) in [5.41, 5.74) is 0.535. The minimum absolute atomic E-state index is 0. The molecule has 0 bridgehead atoms. The van der Waals surface area contributed by atoms with Crippen molar-refractivity contribution in [1.82, 2.24) is 20.4 Å². The van der Waals surface area contributed by atoms with E-state index < -0.39 is 5.60 Å². The fourth-order valence-corrected chi connectivity index (χ4v) is 3.75. The molecule has 0 aliphatic carbocycles. The monoisotopic (exact) mass is 545 g/mol. The van der Waals surface area contributed by atoms with E-state index in [0.717, 1.165) is 24.0 Å². The lowest BCUT2D eigenvalue weighted by atomic mass is 9.74. The van der Waals surface area contributed by atoms with E-state index in [2.05, 4.69) is 20.7 Å². The Kier molecular flexibility index (Phi) is 9.26. The average Bonchev–Trinajstić information content (AvgIpc) is 3.19. The minimum atomic E-state index is -1.12. The third kappa shape index (κ3) is 6.63. The number of nitrogens with one attached hydrogen (secondary N) is 2. The molecular weight excluding hydrogens is 512 g/mol. The lowest BCUT2D eigenvalue weighted by molar-refractivity contribution is 0.0513. The van der Waals surface area contributed by atoms with Crippen molar-refractivity contribution in [2.45, 2.75) is 37.7 Å². The van der Waals surface area contributed by atoms with E-state index in [1.807, 2.05) is 26.1 Å². The first-order chi connectivity index (χ1) is 14.3. The number of halogens is 2. The number of hydrogen-bond donors (Lipinski definition) is 3. The van der Waals surface area contributed by atoms with Gasteiger partial charge in [0.1, 0.15) is 11.4 Å². The summed E-state index contributed by atoms with van der Waals surface area (Å²) in [6.45, 7) is 6.61. The van der Waals surface area contributed by atoms with E-state index in [-0.39, 0.29) is 41.8 Å². The van der Waals surface area contributed by atoms with Crippen LogP contribution < -0.4 is 10.6 Å². The molecule has 1 aromatic carbocycles. The molecule has 1 aliphatic rings. The normalized spacial score (nSPS) is 18.0. The molecule has 0 saturated carbocycles. The first-order valence-corrected chi connectivity index (χ1v) is 10.4. The summed E-state index contributed by atoms with van der Waals surface area (Å²) in [6, 6.07) is 6.74. The van der Waals surface area contributed by atoms with E-state index in [1.165, 1.54) is 12.1 Å². The lowest BCUT2D eigenvalue weighted by Crippen LogP contribution is -2.48. The summed E-state index contributed by atoms with van der Waals surface area (Å²) >= 11 is 0. The quantitative estimate of drug-likeness (QED) is 0.283. The van der Waals surface area contributed by atoms with Gasteiger partial charge in [-0.2, -0.15) is 5.10 Å². The minimum Gasteiger partial charge on any atom is -0.383 e. The molecule has 0 spiro atoms. The van der Waals surface area contributed by atoms with E-state index in [0.29, 0.717) is 32.3 Å². The third-order valence-corrected chi connectivity index (χ3v) is 5.72. The highest BCUT2D eigenvalue weighted by Gasteiger charge is 2.35. The van der Waals surface area contributed by atoms with Crippen molar-refractivity contribution in [3.63, 3.8) is 0 Å². The lowest BCUT2D eigenvalue weighted by Gasteiger charge is -2.38. The predicted octanol–water partition coefficient (Wildman–Crippen LogP) is 2.69. The largest absolute Gasteiger partial charge is 0.383 e. The van der Waals surface area contributed by atoms with Gasteiger partial charge in [0.25, 0.3) is 0 Å². The second kappa shape index (κ2) is 11.2. The van der Waals surface area contributed by atoms with Crippen molar-refractivity contribution in [3.8, 4) is 0 Å². The van der Waals surface area contributed by atoms with Gasteiger partial charge in [0, 0.05) is 50.5 Å². The fourth-order valence-electron chi connectivity index (χ4n) is 3.75. The number of aliphatic imine (C=N–C) groups is 1. The van der Waals surface area contributed by atoms with E-state index in [4.69, 9.17) is 4.74 Å². The number of guanidine groups is 1. The highest BCUT2D eigenvalue weighted by atomic mass is 127. The fraction of sp³-hybridized carbons (Fsp3) is 0.545. The molecule has 31 heavy (non-hydrogen) atoms. The molecule has 1 saturated heterocycles. The Hall–Kier alpha value is -1.72. The predicted molar refractivity (Wildman–Crippen MR) is 130 cm³/mol. The van der Waals surface area contributed by atoms with E-state index in [9.17, 15) is 9.50 Å². The molecule has 3 rings (SSSR count). The van der Waals surface area contributed by atoms with Gasteiger partial charge in [-0.3, -0.25) is 4.68 Å². The number of rotatable bonds is 7. The van der Waals surface area contributed by atoms with Crippen LogP contribution in [0.3, 0.4) is 0 Å². The highest BCUT2D eigenvalue weighted by Crippen LogP contribution is 2.34. The Morgan fingerprint density at radius 2 is 1.97 bits per heavy atom. The molecule has 7 nitrogen and oxygen atoms in total. The van der Waals surface area contributed by atoms with Gasteiger partial charge in [-0.15, -0.1) is 24.0 Å². The van der Waals surface area contributed by atoms with Gasteiger partial charge in [-0.1, -0.05) is 12.1 Å². The maximum Gasteiger partial charge on any atom is 0.191 e. The zero-order chi connectivity index (χ0) is 21.6. The molecule has 2 heterocycles. The summed E-state index contributed by atoms with van der Waals surface area (Å²) in [6.07, 6.45) is 5.14. The van der Waals surface area contributed by atoms with Gasteiger partial charge in [-0.25, -0.2) is 9.38 Å². The van der Waals surface area contributed by atoms with Crippen LogP contribution in [0, 0.1) is 5.82 Å². The Morgan fingerprint density at radius 1 is 1.29 bits per heavy atom. The van der Waals surface area contributed by atoms with Crippen molar-refractivity contribution in [1.29, 1.82) is 0 Å². The molecule has 1 atom stereocenters. The number of aryl methyl sites for hydroxylation is 1. The molecule has 1 unspecified atom stereocenters. The van der Waals surface area contributed by atoms with Crippen LogP contribution in [-0.4, -0.2) is 53.7 Å². The molecule has 2 aromatic rings. The number of hydrogen-bond acceptors (Lipinski definition) is 4. The molecule has 9 heteroatoms. The smallest absolute Gasteiger partial charge is 0.191 e. The number of aromatic nitrogens is 2. The van der Waals surface area contributed by atoms with Crippen LogP contribution in [0.15, 0.2) is 41.7 Å². The van der Waals surface area contributed by atoms with Crippen molar-refractivity contribution in [3.05, 3.63) is 53.6 Å². The summed E-state index contributed by atoms with van der Waals surface area (Å²) in [7, 11) is 1.82. The molecule has 1 aromatic heterocycles. The van der Waals surface area contributed by atoms with Crippen LogP contribution in [0.2, 0.25) is 0 Å². The summed E-state index contributed by atoms with van der Waals surface area (Å²) < 4.78 is 20.7. The van der Waals surface area contributed by atoms with Crippen molar-refractivity contribution in [2.24, 2.45) is 12.0 Å². The van der Waals surface area contributed by atoms with Gasteiger partial charge in [0.2, 0.25) is 0 Å². The zero-order valence-electron chi connectivity index (χ0n) is 18.4. The second-order valence-corrected chi connectivity index (χ2v) is 8.12. The van der Waals surface area contributed by atoms with Crippen LogP contribution in [0.1, 0.15) is 37.8 Å². The van der Waals surface area contributed by atoms with Gasteiger partial charge in [0.15, 0.2) is 5.96 Å². The summed E-state index contributed by atoms with van der Waals surface area (Å²) in [5.74, 6) is 0.399. The van der Waals surface area contributed by atoms with Crippen LogP contribution in [0.5, 0.6) is 0 Å². The maximum absolute atomic E-state index is 13.4. The standard InChI is InChI=1S/C22H32FN5O2.HI/c1-4-24-20(25-15-21(2,29)18-13-27-28(3)14-18)26-16-22(9-11-30-12-10-22)17-5-7-19(23)8-6-17;/h5-8,13-14,29H,4,9-12,15-16H2,1-3H3,(H2,24,25,26);1H. The van der Waals surface area contributed by atoms with Gasteiger partial charge >= 0.3 is 0 Å². The van der Waals surface area contributed by atoms with Crippen molar-refractivity contribution >= 4 is 29.9 Å². The molecule has 0 radical (unpaired) electrons. The molecular formula is C22H33FIN5O2. The summed E-state index contributed by atoms with van der Waals surface area (Å²) in [5, 5.41) is 21.6. The topological polar surface area (TPSA) is 83.7 Å². The Balaban J connectivity index is 0.00000341. The number of nitrogens with zero attached hydrogens (tertiary/aromatic N) is 3. The highest BCUT2D eigenvalue weighted by molar-refractivity contribution is 14.0. The molecule has 1 fully saturated rings. The van der Waals surface area contributed by atoms with Gasteiger partial charge in [-0.05, 0) is 44.4 Å².